The number of anilines is 1. The van der Waals surface area contributed by atoms with Crippen molar-refractivity contribution in [3.63, 3.8) is 0 Å². The number of ketones is 1. The first-order valence-corrected chi connectivity index (χ1v) is 7.56. The molecular formula is C16H16F3N5O. The van der Waals surface area contributed by atoms with Gasteiger partial charge >= 0.3 is 6.18 Å². The second-order valence-electron chi connectivity index (χ2n) is 4.95. The first-order valence-electron chi connectivity index (χ1n) is 7.56. The van der Waals surface area contributed by atoms with Crippen LogP contribution in [0.15, 0.2) is 46.9 Å². The fourth-order valence-electron chi connectivity index (χ4n) is 2.17. The van der Waals surface area contributed by atoms with Gasteiger partial charge in [-0.25, -0.2) is 9.97 Å². The van der Waals surface area contributed by atoms with Gasteiger partial charge < -0.3 is 4.90 Å². The molecule has 0 saturated heterocycles. The van der Waals surface area contributed by atoms with Crippen LogP contribution in [0.25, 0.3) is 0 Å². The molecule has 9 heteroatoms. The summed E-state index contributed by atoms with van der Waals surface area (Å²) in [6.45, 7) is 4.92. The Morgan fingerprint density at radius 1 is 1.12 bits per heavy atom. The van der Waals surface area contributed by atoms with Crippen molar-refractivity contribution in [2.24, 2.45) is 10.2 Å². The molecule has 0 unspecified atom stereocenters. The number of carbonyl (C=O) groups excluding carboxylic acids is 1. The Bertz CT molecular complexity index is 758. The Labute approximate surface area is 142 Å². The molecule has 1 aromatic heterocycles. The number of hydrogen-bond acceptors (Lipinski definition) is 6. The number of Topliss-reactive ketones (excluding diaryl/α,β-unsaturated/α-hetero) is 1. The molecule has 6 nitrogen and oxygen atoms in total. The number of aromatic nitrogens is 2. The third-order valence-electron chi connectivity index (χ3n) is 3.41. The van der Waals surface area contributed by atoms with E-state index < -0.39 is 17.5 Å². The molecule has 0 spiro atoms. The quantitative estimate of drug-likeness (QED) is 0.568. The number of hydrogen-bond donors (Lipinski definition) is 0. The monoisotopic (exact) mass is 351 g/mol. The summed E-state index contributed by atoms with van der Waals surface area (Å²) in [5, 5.41) is 7.41. The lowest BCUT2D eigenvalue weighted by molar-refractivity contribution is -0.0884. The summed E-state index contributed by atoms with van der Waals surface area (Å²) >= 11 is 0. The molecule has 1 heterocycles. The van der Waals surface area contributed by atoms with Crippen LogP contribution >= 0.6 is 0 Å². The lowest BCUT2D eigenvalue weighted by Crippen LogP contribution is -2.25. The molecule has 2 rings (SSSR count). The van der Waals surface area contributed by atoms with Gasteiger partial charge in [0.05, 0.1) is 11.3 Å². The topological polar surface area (TPSA) is 70.8 Å². The van der Waals surface area contributed by atoms with E-state index in [4.69, 9.17) is 0 Å². The van der Waals surface area contributed by atoms with Crippen molar-refractivity contribution >= 4 is 23.1 Å². The molecule has 0 radical (unpaired) electrons. The number of alkyl halides is 3. The van der Waals surface area contributed by atoms with E-state index >= 15 is 0 Å². The molecule has 0 atom stereocenters. The predicted octanol–water partition coefficient (Wildman–Crippen LogP) is 4.48. The second-order valence-corrected chi connectivity index (χ2v) is 4.95. The lowest BCUT2D eigenvalue weighted by atomic mass is 10.1. The van der Waals surface area contributed by atoms with Crippen molar-refractivity contribution in [1.82, 2.24) is 9.97 Å². The summed E-state index contributed by atoms with van der Waals surface area (Å²) < 4.78 is 38.7. The highest BCUT2D eigenvalue weighted by Crippen LogP contribution is 2.32. The number of benzene rings is 1. The van der Waals surface area contributed by atoms with Gasteiger partial charge in [-0.3, -0.25) is 4.79 Å². The number of carbonyl (C=O) groups is 1. The van der Waals surface area contributed by atoms with Crippen molar-refractivity contribution in [3.05, 3.63) is 42.2 Å². The third kappa shape index (κ3) is 4.59. The van der Waals surface area contributed by atoms with Crippen LogP contribution < -0.4 is 4.90 Å². The maximum Gasteiger partial charge on any atom is 0.454 e. The SMILES string of the molecule is CCN(CC)c1ccc(N=Nc2ncccn2)c(C(=O)C(F)(F)F)c1. The zero-order chi connectivity index (χ0) is 18.4. The van der Waals surface area contributed by atoms with E-state index in [-0.39, 0.29) is 11.6 Å². The minimum absolute atomic E-state index is 0.0132. The van der Waals surface area contributed by atoms with E-state index in [0.29, 0.717) is 18.8 Å². The van der Waals surface area contributed by atoms with E-state index in [1.54, 1.807) is 12.1 Å². The van der Waals surface area contributed by atoms with Crippen LogP contribution in [0.4, 0.5) is 30.5 Å². The Morgan fingerprint density at radius 3 is 2.32 bits per heavy atom. The summed E-state index contributed by atoms with van der Waals surface area (Å²) in [6.07, 6.45) is -2.16. The van der Waals surface area contributed by atoms with Crippen LogP contribution in [0.1, 0.15) is 24.2 Å². The van der Waals surface area contributed by atoms with Gasteiger partial charge in [-0.1, -0.05) is 0 Å². The molecule has 25 heavy (non-hydrogen) atoms. The Hall–Kier alpha value is -2.84. The zero-order valence-electron chi connectivity index (χ0n) is 13.7. The predicted molar refractivity (Wildman–Crippen MR) is 86.6 cm³/mol. The van der Waals surface area contributed by atoms with Crippen LogP contribution in [0.2, 0.25) is 0 Å². The van der Waals surface area contributed by atoms with E-state index in [1.165, 1.54) is 24.5 Å². The van der Waals surface area contributed by atoms with Gasteiger partial charge in [-0.2, -0.15) is 13.2 Å². The zero-order valence-corrected chi connectivity index (χ0v) is 13.7. The Kier molecular flexibility index (Phi) is 5.79. The first kappa shape index (κ1) is 18.5. The van der Waals surface area contributed by atoms with E-state index in [0.717, 1.165) is 0 Å². The van der Waals surface area contributed by atoms with E-state index in [9.17, 15) is 18.0 Å². The van der Waals surface area contributed by atoms with Crippen molar-refractivity contribution in [3.8, 4) is 0 Å². The summed E-state index contributed by atoms with van der Waals surface area (Å²) in [4.78, 5) is 21.2. The van der Waals surface area contributed by atoms with Gasteiger partial charge in [0, 0.05) is 31.2 Å². The Balaban J connectivity index is 2.47. The summed E-state index contributed by atoms with van der Waals surface area (Å²) in [7, 11) is 0. The highest BCUT2D eigenvalue weighted by atomic mass is 19.4. The third-order valence-corrected chi connectivity index (χ3v) is 3.41. The number of azo groups is 1. The molecule has 132 valence electrons. The van der Waals surface area contributed by atoms with Crippen molar-refractivity contribution in [2.75, 3.05) is 18.0 Å². The molecule has 0 aliphatic heterocycles. The molecule has 1 aromatic carbocycles. The molecule has 0 saturated carbocycles. The summed E-state index contributed by atoms with van der Waals surface area (Å²) in [5.41, 5.74) is -0.241. The summed E-state index contributed by atoms with van der Waals surface area (Å²) in [5.74, 6) is -1.98. The number of rotatable bonds is 6. The number of halogens is 3. The van der Waals surface area contributed by atoms with Crippen LogP contribution in [0.5, 0.6) is 0 Å². The largest absolute Gasteiger partial charge is 0.454 e. The van der Waals surface area contributed by atoms with Crippen LogP contribution in [-0.2, 0) is 0 Å². The molecule has 0 aliphatic carbocycles. The normalized spacial score (nSPS) is 11.7. The first-order chi connectivity index (χ1) is 11.9. The van der Waals surface area contributed by atoms with Crippen molar-refractivity contribution in [1.29, 1.82) is 0 Å². The lowest BCUT2D eigenvalue weighted by Gasteiger charge is -2.22. The van der Waals surface area contributed by atoms with Gasteiger partial charge in [-0.15, -0.1) is 10.2 Å². The minimum Gasteiger partial charge on any atom is -0.372 e. The summed E-state index contributed by atoms with van der Waals surface area (Å²) in [6, 6.07) is 5.68. The fourth-order valence-corrected chi connectivity index (χ4v) is 2.17. The molecule has 0 bridgehead atoms. The Morgan fingerprint density at radius 2 is 1.76 bits per heavy atom. The van der Waals surface area contributed by atoms with Gasteiger partial charge in [0.2, 0.25) is 0 Å². The standard InChI is InChI=1S/C16H16F3N5O/c1-3-24(4-2)11-6-7-13(12(10-11)14(25)16(17,18)19)22-23-15-20-8-5-9-21-15/h5-10H,3-4H2,1-2H3. The van der Waals surface area contributed by atoms with Crippen LogP contribution in [0, 0.1) is 0 Å². The number of nitrogens with zero attached hydrogens (tertiary/aromatic N) is 5. The maximum absolute atomic E-state index is 12.9. The molecular weight excluding hydrogens is 335 g/mol. The van der Waals surface area contributed by atoms with Crippen molar-refractivity contribution < 1.29 is 18.0 Å². The van der Waals surface area contributed by atoms with Crippen LogP contribution in [0.3, 0.4) is 0 Å². The second kappa shape index (κ2) is 7.82. The highest BCUT2D eigenvalue weighted by Gasteiger charge is 2.40. The van der Waals surface area contributed by atoms with Gasteiger partial charge in [-0.05, 0) is 38.1 Å². The molecule has 0 amide bonds. The smallest absolute Gasteiger partial charge is 0.372 e. The van der Waals surface area contributed by atoms with Crippen LogP contribution in [-0.4, -0.2) is 35.0 Å². The average molecular weight is 351 g/mol. The van der Waals surface area contributed by atoms with Crippen molar-refractivity contribution in [2.45, 2.75) is 20.0 Å². The highest BCUT2D eigenvalue weighted by molar-refractivity contribution is 6.05. The maximum atomic E-state index is 12.9. The van der Waals surface area contributed by atoms with Gasteiger partial charge in [0.1, 0.15) is 0 Å². The molecule has 0 fully saturated rings. The minimum atomic E-state index is -5.00. The average Bonchev–Trinajstić information content (AvgIpc) is 2.61. The van der Waals surface area contributed by atoms with E-state index in [2.05, 4.69) is 20.2 Å². The van der Waals surface area contributed by atoms with E-state index in [1.807, 2.05) is 18.7 Å². The molecule has 0 aliphatic rings. The molecule has 0 N–H and O–H groups in total. The molecule has 2 aromatic rings. The fraction of sp³-hybridized carbons (Fsp3) is 0.312. The van der Waals surface area contributed by atoms with Gasteiger partial charge in [0.25, 0.3) is 11.7 Å². The van der Waals surface area contributed by atoms with Gasteiger partial charge in [0.15, 0.2) is 0 Å².